The Hall–Kier alpha value is -2.31. The average molecular weight is 395 g/mol. The van der Waals surface area contributed by atoms with Crippen LogP contribution in [0.3, 0.4) is 0 Å². The van der Waals surface area contributed by atoms with E-state index in [0.29, 0.717) is 26.2 Å². The summed E-state index contributed by atoms with van der Waals surface area (Å²) in [5, 5.41) is 12.9. The largest absolute Gasteiger partial charge is 0.508 e. The summed E-state index contributed by atoms with van der Waals surface area (Å²) in [4.78, 5) is 24.3. The molecule has 0 spiro atoms. The minimum absolute atomic E-state index is 0.00376. The summed E-state index contributed by atoms with van der Waals surface area (Å²) >= 11 is 9.22. The van der Waals surface area contributed by atoms with E-state index in [4.69, 9.17) is 16.0 Å². The minimum Gasteiger partial charge on any atom is -0.508 e. The van der Waals surface area contributed by atoms with Crippen LogP contribution in [-0.2, 0) is 0 Å². The molecule has 0 saturated heterocycles. The molecule has 3 aromatic rings. The second-order valence-corrected chi connectivity index (χ2v) is 6.05. The summed E-state index contributed by atoms with van der Waals surface area (Å²) in [7, 11) is 0. The molecular weight excluding hydrogens is 386 g/mol. The van der Waals surface area contributed by atoms with E-state index in [1.165, 1.54) is 18.2 Å². The molecule has 0 radical (unpaired) electrons. The summed E-state index contributed by atoms with van der Waals surface area (Å²) in [5.41, 5.74) is -0.247. The maximum absolute atomic E-state index is 12.3. The predicted octanol–water partition coefficient (Wildman–Crippen LogP) is 4.17. The third kappa shape index (κ3) is 3.23. The van der Waals surface area contributed by atoms with Crippen LogP contribution in [0.2, 0.25) is 5.02 Å². The molecule has 0 fully saturated rings. The number of phenolic OH excluding ortho intramolecular Hbond substituents is 1. The van der Waals surface area contributed by atoms with Gasteiger partial charge in [0, 0.05) is 22.2 Å². The van der Waals surface area contributed by atoms with Gasteiger partial charge in [-0.15, -0.1) is 0 Å². The number of aromatic hydroxyl groups is 1. The Morgan fingerprint density at radius 1 is 1.22 bits per heavy atom. The van der Waals surface area contributed by atoms with Crippen molar-refractivity contribution in [2.75, 3.05) is 5.32 Å². The van der Waals surface area contributed by atoms with Gasteiger partial charge in [-0.1, -0.05) is 17.7 Å². The number of carbonyl (C=O) groups excluding carboxylic acids is 1. The fourth-order valence-electron chi connectivity index (χ4n) is 2.10. The highest BCUT2D eigenvalue weighted by Crippen LogP contribution is 2.28. The van der Waals surface area contributed by atoms with Crippen molar-refractivity contribution in [1.82, 2.24) is 0 Å². The summed E-state index contributed by atoms with van der Waals surface area (Å²) in [6.07, 6.45) is 0. The van der Waals surface area contributed by atoms with Gasteiger partial charge in [0.15, 0.2) is 5.58 Å². The second kappa shape index (κ2) is 6.06. The second-order valence-electron chi connectivity index (χ2n) is 4.76. The molecule has 0 atom stereocenters. The zero-order valence-corrected chi connectivity index (χ0v) is 13.8. The number of rotatable bonds is 2. The monoisotopic (exact) mass is 393 g/mol. The fourth-order valence-corrected chi connectivity index (χ4v) is 3.01. The van der Waals surface area contributed by atoms with Crippen molar-refractivity contribution in [3.8, 4) is 5.75 Å². The van der Waals surface area contributed by atoms with Gasteiger partial charge in [-0.3, -0.25) is 4.79 Å². The highest BCUT2D eigenvalue weighted by Gasteiger charge is 2.15. The van der Waals surface area contributed by atoms with E-state index in [9.17, 15) is 14.7 Å². The van der Waals surface area contributed by atoms with E-state index in [0.717, 1.165) is 0 Å². The van der Waals surface area contributed by atoms with Crippen LogP contribution in [0.15, 0.2) is 56.1 Å². The molecule has 0 saturated carbocycles. The Morgan fingerprint density at radius 3 is 2.74 bits per heavy atom. The smallest absolute Gasteiger partial charge is 0.349 e. The van der Waals surface area contributed by atoms with Crippen molar-refractivity contribution in [2.24, 2.45) is 0 Å². The van der Waals surface area contributed by atoms with Crippen molar-refractivity contribution < 1.29 is 14.3 Å². The zero-order valence-electron chi connectivity index (χ0n) is 11.5. The maximum atomic E-state index is 12.3. The number of hydrogen-bond acceptors (Lipinski definition) is 4. The SMILES string of the molecule is O=C(Nc1cccc(O)c1)c1cc2cc(Cl)cc(Br)c2oc1=O. The normalized spacial score (nSPS) is 10.7. The number of fused-ring (bicyclic) bond motifs is 1. The first-order chi connectivity index (χ1) is 10.9. The lowest BCUT2D eigenvalue weighted by molar-refractivity contribution is 0.102. The van der Waals surface area contributed by atoms with Crippen molar-refractivity contribution in [1.29, 1.82) is 0 Å². The van der Waals surface area contributed by atoms with Crippen LogP contribution >= 0.6 is 27.5 Å². The Balaban J connectivity index is 2.03. The van der Waals surface area contributed by atoms with Crippen LogP contribution in [0.25, 0.3) is 11.0 Å². The van der Waals surface area contributed by atoms with Crippen LogP contribution in [0, 0.1) is 0 Å². The molecule has 0 aliphatic heterocycles. The molecule has 0 unspecified atom stereocenters. The molecule has 1 aromatic heterocycles. The lowest BCUT2D eigenvalue weighted by Crippen LogP contribution is -2.20. The molecule has 1 amide bonds. The Kier molecular flexibility index (Phi) is 4.11. The standard InChI is InChI=1S/C16H9BrClNO4/c17-13-6-9(18)4-8-5-12(16(22)23-14(8)13)15(21)19-10-2-1-3-11(20)7-10/h1-7,20H,(H,19,21). The molecule has 0 bridgehead atoms. The van der Waals surface area contributed by atoms with Crippen molar-refractivity contribution >= 4 is 50.1 Å². The van der Waals surface area contributed by atoms with Gasteiger partial charge < -0.3 is 14.8 Å². The van der Waals surface area contributed by atoms with E-state index >= 15 is 0 Å². The number of halogens is 2. The van der Waals surface area contributed by atoms with Gasteiger partial charge in [-0.25, -0.2) is 4.79 Å². The van der Waals surface area contributed by atoms with E-state index in [2.05, 4.69) is 21.2 Å². The molecule has 23 heavy (non-hydrogen) atoms. The van der Waals surface area contributed by atoms with Gasteiger partial charge in [0.2, 0.25) is 0 Å². The zero-order chi connectivity index (χ0) is 16.6. The molecule has 3 rings (SSSR count). The van der Waals surface area contributed by atoms with Crippen LogP contribution in [0.1, 0.15) is 10.4 Å². The van der Waals surface area contributed by atoms with E-state index in [-0.39, 0.29) is 11.3 Å². The topological polar surface area (TPSA) is 79.5 Å². The fraction of sp³-hybridized carbons (Fsp3) is 0. The number of hydrogen-bond donors (Lipinski definition) is 2. The summed E-state index contributed by atoms with van der Waals surface area (Å²) in [6, 6.07) is 10.6. The predicted molar refractivity (Wildman–Crippen MR) is 91.3 cm³/mol. The number of phenols is 1. The molecule has 1 heterocycles. The molecular formula is C16H9BrClNO4. The van der Waals surface area contributed by atoms with Gasteiger partial charge in [0.05, 0.1) is 4.47 Å². The van der Waals surface area contributed by atoms with Gasteiger partial charge in [-0.05, 0) is 46.3 Å². The average Bonchev–Trinajstić information content (AvgIpc) is 2.47. The molecule has 2 N–H and O–H groups in total. The quantitative estimate of drug-likeness (QED) is 0.640. The van der Waals surface area contributed by atoms with Crippen LogP contribution in [-0.4, -0.2) is 11.0 Å². The Morgan fingerprint density at radius 2 is 2.00 bits per heavy atom. The van der Waals surface area contributed by atoms with Crippen molar-refractivity contribution in [3.63, 3.8) is 0 Å². The summed E-state index contributed by atoms with van der Waals surface area (Å²) in [5.74, 6) is -0.633. The van der Waals surface area contributed by atoms with E-state index < -0.39 is 11.5 Å². The minimum atomic E-state index is -0.766. The lowest BCUT2D eigenvalue weighted by Gasteiger charge is -2.06. The number of benzene rings is 2. The molecule has 5 nitrogen and oxygen atoms in total. The molecule has 2 aromatic carbocycles. The first-order valence-electron chi connectivity index (χ1n) is 6.47. The van der Waals surface area contributed by atoms with Gasteiger partial charge in [0.25, 0.3) is 5.91 Å². The number of amides is 1. The highest BCUT2D eigenvalue weighted by atomic mass is 79.9. The lowest BCUT2D eigenvalue weighted by atomic mass is 10.1. The Bertz CT molecular complexity index is 983. The molecule has 0 aliphatic carbocycles. The summed E-state index contributed by atoms with van der Waals surface area (Å²) < 4.78 is 5.71. The van der Waals surface area contributed by atoms with E-state index in [1.54, 1.807) is 24.3 Å². The Labute approximate surface area is 143 Å². The first-order valence-corrected chi connectivity index (χ1v) is 7.64. The van der Waals surface area contributed by atoms with Crippen molar-refractivity contribution in [3.05, 3.63) is 67.9 Å². The molecule has 116 valence electrons. The molecule has 7 heteroatoms. The maximum Gasteiger partial charge on any atom is 0.349 e. The van der Waals surface area contributed by atoms with Gasteiger partial charge in [-0.2, -0.15) is 0 Å². The third-order valence-corrected chi connectivity index (χ3v) is 3.91. The number of nitrogens with one attached hydrogen (secondary N) is 1. The van der Waals surface area contributed by atoms with Crippen molar-refractivity contribution in [2.45, 2.75) is 0 Å². The highest BCUT2D eigenvalue weighted by molar-refractivity contribution is 9.10. The summed E-state index contributed by atoms with van der Waals surface area (Å²) in [6.45, 7) is 0. The van der Waals surface area contributed by atoms with E-state index in [1.807, 2.05) is 0 Å². The van der Waals surface area contributed by atoms with Crippen LogP contribution in [0.4, 0.5) is 5.69 Å². The first kappa shape index (κ1) is 15.6. The van der Waals surface area contributed by atoms with Crippen LogP contribution < -0.4 is 10.9 Å². The van der Waals surface area contributed by atoms with Gasteiger partial charge >= 0.3 is 5.63 Å². The molecule has 0 aliphatic rings. The van der Waals surface area contributed by atoms with Crippen LogP contribution in [0.5, 0.6) is 5.75 Å². The van der Waals surface area contributed by atoms with Gasteiger partial charge in [0.1, 0.15) is 11.3 Å². The third-order valence-electron chi connectivity index (χ3n) is 3.10. The number of anilines is 1. The number of carbonyl (C=O) groups is 1.